The molecule has 0 atom stereocenters. The fourth-order valence-corrected chi connectivity index (χ4v) is 11.4. The van der Waals surface area contributed by atoms with Crippen molar-refractivity contribution < 1.29 is 4.74 Å². The number of ether oxygens (including phenoxy) is 1. The van der Waals surface area contributed by atoms with E-state index >= 15 is 0 Å². The Kier molecular flexibility index (Phi) is 7.39. The summed E-state index contributed by atoms with van der Waals surface area (Å²) in [7, 11) is 0. The van der Waals surface area contributed by atoms with Gasteiger partial charge < -0.3 is 4.74 Å². The number of fused-ring (bicyclic) bond motifs is 14. The van der Waals surface area contributed by atoms with Crippen LogP contribution in [0.1, 0.15) is 22.3 Å². The Morgan fingerprint density at radius 1 is 0.410 bits per heavy atom. The SMILES string of the molecule is c1ccc(-c2ccccc2-c2nc(-c3cccc(-c4cccc5c4-c4c(ccc6ccccc46)C54c5ccccc5Oc5ccccc54)c3)c3sc4ccccc4c3n2)cc1. The van der Waals surface area contributed by atoms with Gasteiger partial charge in [0, 0.05) is 32.3 Å². The standard InChI is InChI=1S/C57H34N2OS/c1-2-16-35(17-3-1)39-21-6-7-23-42(39)56-58-53(55-54(59-56)43-24-8-13-31-50(43)61-55)38-20-14-19-37(34-38)41-25-15-28-46-52(41)51-40-22-5-4-18-36(40)32-33-47(51)57(46)44-26-9-11-29-48(44)60-49-30-12-10-27-45(49)57/h1-34H. The molecule has 0 N–H and O–H groups in total. The summed E-state index contributed by atoms with van der Waals surface area (Å²) in [4.78, 5) is 10.9. The minimum absolute atomic E-state index is 0.579. The average Bonchev–Trinajstić information content (AvgIpc) is 3.86. The molecule has 13 rings (SSSR count). The zero-order valence-electron chi connectivity index (χ0n) is 32.8. The number of thiophene rings is 1. The lowest BCUT2D eigenvalue weighted by Crippen LogP contribution is -2.32. The Morgan fingerprint density at radius 2 is 1.02 bits per heavy atom. The van der Waals surface area contributed by atoms with Crippen molar-refractivity contribution in [1.82, 2.24) is 9.97 Å². The maximum absolute atomic E-state index is 6.68. The zero-order chi connectivity index (χ0) is 40.1. The summed E-state index contributed by atoms with van der Waals surface area (Å²) in [5.74, 6) is 2.50. The van der Waals surface area contributed by atoms with Gasteiger partial charge in [0.1, 0.15) is 11.5 Å². The van der Waals surface area contributed by atoms with Crippen LogP contribution in [0.4, 0.5) is 0 Å². The van der Waals surface area contributed by atoms with Gasteiger partial charge in [-0.25, -0.2) is 9.97 Å². The van der Waals surface area contributed by atoms with Crippen molar-refractivity contribution in [3.05, 3.63) is 229 Å². The van der Waals surface area contributed by atoms with E-state index < -0.39 is 5.41 Å². The summed E-state index contributed by atoms with van der Waals surface area (Å²) >= 11 is 1.77. The summed E-state index contributed by atoms with van der Waals surface area (Å²) < 4.78 is 8.97. The summed E-state index contributed by atoms with van der Waals surface area (Å²) in [6.07, 6.45) is 0. The summed E-state index contributed by atoms with van der Waals surface area (Å²) in [5, 5.41) is 3.61. The van der Waals surface area contributed by atoms with Crippen molar-refractivity contribution in [3.63, 3.8) is 0 Å². The zero-order valence-corrected chi connectivity index (χ0v) is 33.7. The molecule has 3 heterocycles. The lowest BCUT2D eigenvalue weighted by Gasteiger charge is -2.39. The smallest absolute Gasteiger partial charge is 0.161 e. The first-order valence-corrected chi connectivity index (χ1v) is 21.6. The van der Waals surface area contributed by atoms with Crippen LogP contribution >= 0.6 is 11.3 Å². The predicted molar refractivity (Wildman–Crippen MR) is 252 cm³/mol. The Hall–Kier alpha value is -7.66. The van der Waals surface area contributed by atoms with Crippen molar-refractivity contribution in [3.8, 4) is 67.5 Å². The van der Waals surface area contributed by atoms with Gasteiger partial charge in [-0.3, -0.25) is 0 Å². The van der Waals surface area contributed by atoms with Crippen LogP contribution in [0, 0.1) is 0 Å². The molecule has 2 aromatic heterocycles. The lowest BCUT2D eigenvalue weighted by atomic mass is 9.66. The number of hydrogen-bond acceptors (Lipinski definition) is 4. The molecule has 61 heavy (non-hydrogen) atoms. The molecule has 0 radical (unpaired) electrons. The monoisotopic (exact) mass is 794 g/mol. The first kappa shape index (κ1) is 34.2. The second kappa shape index (κ2) is 13.2. The van der Waals surface area contributed by atoms with E-state index in [1.54, 1.807) is 11.3 Å². The third-order valence-electron chi connectivity index (χ3n) is 12.8. The first-order chi connectivity index (χ1) is 30.3. The largest absolute Gasteiger partial charge is 0.457 e. The van der Waals surface area contributed by atoms with Crippen molar-refractivity contribution in [2.24, 2.45) is 0 Å². The third-order valence-corrected chi connectivity index (χ3v) is 13.9. The molecule has 9 aromatic carbocycles. The average molecular weight is 795 g/mol. The van der Waals surface area contributed by atoms with Gasteiger partial charge in [0.05, 0.1) is 21.3 Å². The van der Waals surface area contributed by atoms with Gasteiger partial charge >= 0.3 is 0 Å². The van der Waals surface area contributed by atoms with Crippen LogP contribution in [0.15, 0.2) is 206 Å². The van der Waals surface area contributed by atoms with Crippen LogP contribution in [0.2, 0.25) is 0 Å². The van der Waals surface area contributed by atoms with E-state index in [9.17, 15) is 0 Å². The van der Waals surface area contributed by atoms with Gasteiger partial charge in [-0.05, 0) is 79.5 Å². The third kappa shape index (κ3) is 4.91. The van der Waals surface area contributed by atoms with Crippen LogP contribution in [-0.2, 0) is 5.41 Å². The van der Waals surface area contributed by atoms with Gasteiger partial charge in [-0.2, -0.15) is 0 Å². The predicted octanol–water partition coefficient (Wildman–Crippen LogP) is 15.1. The number of hydrogen-bond donors (Lipinski definition) is 0. The van der Waals surface area contributed by atoms with Crippen LogP contribution in [0.25, 0.3) is 87.1 Å². The van der Waals surface area contributed by atoms with Gasteiger partial charge in [0.2, 0.25) is 0 Å². The minimum atomic E-state index is -0.579. The van der Waals surface area contributed by atoms with E-state index in [2.05, 4.69) is 206 Å². The molecular formula is C57H34N2OS. The van der Waals surface area contributed by atoms with Gasteiger partial charge in [-0.15, -0.1) is 11.3 Å². The molecular weight excluding hydrogens is 761 g/mol. The highest BCUT2D eigenvalue weighted by molar-refractivity contribution is 7.26. The molecule has 3 nitrogen and oxygen atoms in total. The number of nitrogens with zero attached hydrogens (tertiary/aromatic N) is 2. The molecule has 1 spiro atoms. The highest BCUT2D eigenvalue weighted by Gasteiger charge is 2.52. The quantitative estimate of drug-likeness (QED) is 0.178. The van der Waals surface area contributed by atoms with Crippen molar-refractivity contribution in [2.75, 3.05) is 0 Å². The normalized spacial score (nSPS) is 13.2. The summed E-state index contributed by atoms with van der Waals surface area (Å²) in [6.45, 7) is 0. The molecule has 1 aliphatic carbocycles. The van der Waals surface area contributed by atoms with E-state index in [4.69, 9.17) is 14.7 Å². The molecule has 0 unspecified atom stereocenters. The van der Waals surface area contributed by atoms with E-state index in [0.29, 0.717) is 0 Å². The summed E-state index contributed by atoms with van der Waals surface area (Å²) in [6, 6.07) is 74.2. The van der Waals surface area contributed by atoms with Crippen LogP contribution in [0.5, 0.6) is 11.5 Å². The molecule has 2 aliphatic rings. The second-order valence-electron chi connectivity index (χ2n) is 15.9. The Morgan fingerprint density at radius 3 is 1.85 bits per heavy atom. The molecule has 1 aliphatic heterocycles. The molecule has 0 bridgehead atoms. The van der Waals surface area contributed by atoms with Crippen LogP contribution < -0.4 is 4.74 Å². The fourth-order valence-electron chi connectivity index (χ4n) is 10.2. The van der Waals surface area contributed by atoms with Gasteiger partial charge in [-0.1, -0.05) is 182 Å². The molecule has 11 aromatic rings. The fraction of sp³-hybridized carbons (Fsp3) is 0.0175. The molecule has 4 heteroatoms. The second-order valence-corrected chi connectivity index (χ2v) is 17.0. The highest BCUT2D eigenvalue weighted by Crippen LogP contribution is 2.64. The van der Waals surface area contributed by atoms with Crippen LogP contribution in [0.3, 0.4) is 0 Å². The minimum Gasteiger partial charge on any atom is -0.457 e. The van der Waals surface area contributed by atoms with E-state index in [1.807, 2.05) is 0 Å². The topological polar surface area (TPSA) is 35.0 Å². The number of aromatic nitrogens is 2. The number of benzene rings is 9. The maximum Gasteiger partial charge on any atom is 0.161 e. The maximum atomic E-state index is 6.68. The number of para-hydroxylation sites is 2. The Balaban J connectivity index is 1.08. The molecule has 0 amide bonds. The van der Waals surface area contributed by atoms with Gasteiger partial charge in [0.15, 0.2) is 5.82 Å². The molecule has 0 saturated heterocycles. The lowest BCUT2D eigenvalue weighted by molar-refractivity contribution is 0.436. The van der Waals surface area contributed by atoms with E-state index in [1.165, 1.54) is 43.3 Å². The Bertz CT molecular complexity index is 3540. The molecule has 0 fully saturated rings. The van der Waals surface area contributed by atoms with Crippen LogP contribution in [-0.4, -0.2) is 9.97 Å². The summed E-state index contributed by atoms with van der Waals surface area (Å²) in [5.41, 5.74) is 15.4. The molecule has 0 saturated carbocycles. The molecule has 284 valence electrons. The Labute approximate surface area is 356 Å². The van der Waals surface area contributed by atoms with E-state index in [-0.39, 0.29) is 0 Å². The van der Waals surface area contributed by atoms with Crippen molar-refractivity contribution in [2.45, 2.75) is 5.41 Å². The van der Waals surface area contributed by atoms with Crippen molar-refractivity contribution in [1.29, 1.82) is 0 Å². The van der Waals surface area contributed by atoms with Gasteiger partial charge in [0.25, 0.3) is 0 Å². The van der Waals surface area contributed by atoms with Crippen molar-refractivity contribution >= 4 is 42.4 Å². The first-order valence-electron chi connectivity index (χ1n) is 20.7. The number of rotatable bonds is 4. The highest BCUT2D eigenvalue weighted by atomic mass is 32.1. The van der Waals surface area contributed by atoms with E-state index in [0.717, 1.165) is 77.6 Å².